The maximum atomic E-state index is 13.4. The molecule has 2 aromatic carbocycles. The van der Waals surface area contributed by atoms with Crippen molar-refractivity contribution in [2.45, 2.75) is 38.8 Å². The van der Waals surface area contributed by atoms with Gasteiger partial charge >= 0.3 is 0 Å². The second kappa shape index (κ2) is 11.5. The van der Waals surface area contributed by atoms with Crippen molar-refractivity contribution in [1.82, 2.24) is 9.80 Å². The number of hydrogen-bond acceptors (Lipinski definition) is 5. The molecule has 0 spiro atoms. The first-order valence-electron chi connectivity index (χ1n) is 12.2. The van der Waals surface area contributed by atoms with Crippen molar-refractivity contribution < 1.29 is 19.1 Å². The van der Waals surface area contributed by atoms with Gasteiger partial charge in [0.25, 0.3) is 0 Å². The topological polar surface area (TPSA) is 71.1 Å². The van der Waals surface area contributed by atoms with Crippen LogP contribution >= 0.6 is 0 Å². The number of carbonyl (C=O) groups is 2. The molecule has 2 atom stereocenters. The fourth-order valence-electron chi connectivity index (χ4n) is 4.83. The molecule has 0 aromatic heterocycles. The maximum Gasteiger partial charge on any atom is 0.230 e. The fraction of sp³-hybridized carbons (Fsp3) is 0.481. The van der Waals surface area contributed by atoms with Crippen LogP contribution in [-0.2, 0) is 20.9 Å². The van der Waals surface area contributed by atoms with Gasteiger partial charge in [-0.3, -0.25) is 14.5 Å². The van der Waals surface area contributed by atoms with Gasteiger partial charge in [0, 0.05) is 38.3 Å². The SMILES string of the molecule is CCCCN1C(=O)CC(C(=O)Nc2cccc(CN3CCOCC3)c2)C1c1ccc(OC)cc1. The van der Waals surface area contributed by atoms with Crippen LogP contribution in [0.15, 0.2) is 48.5 Å². The van der Waals surface area contributed by atoms with Crippen molar-refractivity contribution in [3.8, 4) is 5.75 Å². The number of methoxy groups -OCH3 is 1. The highest BCUT2D eigenvalue weighted by molar-refractivity contribution is 5.98. The van der Waals surface area contributed by atoms with Crippen LogP contribution in [0.25, 0.3) is 0 Å². The Morgan fingerprint density at radius 1 is 1.15 bits per heavy atom. The first-order chi connectivity index (χ1) is 16.6. The van der Waals surface area contributed by atoms with Crippen LogP contribution < -0.4 is 10.1 Å². The van der Waals surface area contributed by atoms with Crippen molar-refractivity contribution in [2.24, 2.45) is 5.92 Å². The Morgan fingerprint density at radius 2 is 1.91 bits per heavy atom. The average Bonchev–Trinajstić information content (AvgIpc) is 3.19. The number of ether oxygens (including phenoxy) is 2. The largest absolute Gasteiger partial charge is 0.497 e. The summed E-state index contributed by atoms with van der Waals surface area (Å²) in [5.74, 6) is 0.235. The van der Waals surface area contributed by atoms with Crippen molar-refractivity contribution in [2.75, 3.05) is 45.3 Å². The highest BCUT2D eigenvalue weighted by atomic mass is 16.5. The molecule has 4 rings (SSSR count). The standard InChI is InChI=1S/C27H35N3O4/c1-3-4-12-30-25(31)18-24(26(30)21-8-10-23(33-2)11-9-21)27(32)28-22-7-5-6-20(17-22)19-29-13-15-34-16-14-29/h5-11,17,24,26H,3-4,12-16,18-19H2,1-2H3,(H,28,32). The molecule has 2 fully saturated rings. The van der Waals surface area contributed by atoms with E-state index < -0.39 is 5.92 Å². The number of unbranched alkanes of at least 4 members (excludes halogenated alkanes) is 1. The monoisotopic (exact) mass is 465 g/mol. The van der Waals surface area contributed by atoms with E-state index in [1.54, 1.807) is 7.11 Å². The second-order valence-electron chi connectivity index (χ2n) is 9.05. The van der Waals surface area contributed by atoms with E-state index >= 15 is 0 Å². The fourth-order valence-corrected chi connectivity index (χ4v) is 4.83. The number of anilines is 1. The molecule has 182 valence electrons. The van der Waals surface area contributed by atoms with Crippen LogP contribution in [-0.4, -0.2) is 61.6 Å². The van der Waals surface area contributed by atoms with Gasteiger partial charge in [-0.25, -0.2) is 0 Å². The molecule has 0 bridgehead atoms. The van der Waals surface area contributed by atoms with E-state index in [2.05, 4.69) is 23.2 Å². The smallest absolute Gasteiger partial charge is 0.230 e. The summed E-state index contributed by atoms with van der Waals surface area (Å²) in [4.78, 5) is 30.6. The number of carbonyl (C=O) groups excluding carboxylic acids is 2. The number of rotatable bonds is 9. The van der Waals surface area contributed by atoms with Crippen molar-refractivity contribution in [1.29, 1.82) is 0 Å². The molecular weight excluding hydrogens is 430 g/mol. The predicted octanol–water partition coefficient (Wildman–Crippen LogP) is 3.86. The van der Waals surface area contributed by atoms with E-state index in [0.717, 1.165) is 68.3 Å². The minimum atomic E-state index is -0.444. The maximum absolute atomic E-state index is 13.4. The molecule has 2 aromatic rings. The summed E-state index contributed by atoms with van der Waals surface area (Å²) < 4.78 is 10.7. The van der Waals surface area contributed by atoms with E-state index in [4.69, 9.17) is 9.47 Å². The van der Waals surface area contributed by atoms with Crippen LogP contribution in [0.5, 0.6) is 5.75 Å². The lowest BCUT2D eigenvalue weighted by Gasteiger charge is -2.28. The quantitative estimate of drug-likeness (QED) is 0.609. The van der Waals surface area contributed by atoms with Gasteiger partial charge in [0.05, 0.1) is 32.3 Å². The summed E-state index contributed by atoms with van der Waals surface area (Å²) in [5, 5.41) is 3.10. The predicted molar refractivity (Wildman–Crippen MR) is 132 cm³/mol. The third-order valence-electron chi connectivity index (χ3n) is 6.68. The molecule has 1 N–H and O–H groups in total. The molecule has 2 saturated heterocycles. The Bertz CT molecular complexity index is 972. The van der Waals surface area contributed by atoms with Crippen molar-refractivity contribution in [3.05, 3.63) is 59.7 Å². The molecular formula is C27H35N3O4. The van der Waals surface area contributed by atoms with E-state index in [9.17, 15) is 9.59 Å². The van der Waals surface area contributed by atoms with Gasteiger partial charge in [0.2, 0.25) is 11.8 Å². The summed E-state index contributed by atoms with van der Waals surface area (Å²) in [6.45, 7) is 6.94. The third kappa shape index (κ3) is 5.77. The zero-order chi connectivity index (χ0) is 23.9. The number of nitrogens with zero attached hydrogens (tertiary/aromatic N) is 2. The first kappa shape index (κ1) is 24.2. The molecule has 0 saturated carbocycles. The van der Waals surface area contributed by atoms with E-state index in [-0.39, 0.29) is 24.3 Å². The minimum absolute atomic E-state index is 0.0375. The molecule has 2 amide bonds. The molecule has 2 aliphatic heterocycles. The first-order valence-corrected chi connectivity index (χ1v) is 12.2. The number of nitrogens with one attached hydrogen (secondary N) is 1. The lowest BCUT2D eigenvalue weighted by atomic mass is 9.92. The van der Waals surface area contributed by atoms with Crippen LogP contribution in [0.2, 0.25) is 0 Å². The summed E-state index contributed by atoms with van der Waals surface area (Å²) in [7, 11) is 1.63. The number of amides is 2. The van der Waals surface area contributed by atoms with Gasteiger partial charge in [-0.15, -0.1) is 0 Å². The van der Waals surface area contributed by atoms with E-state index in [1.165, 1.54) is 0 Å². The second-order valence-corrected chi connectivity index (χ2v) is 9.05. The van der Waals surface area contributed by atoms with Crippen molar-refractivity contribution in [3.63, 3.8) is 0 Å². The molecule has 7 nitrogen and oxygen atoms in total. The van der Waals surface area contributed by atoms with Crippen LogP contribution in [0.3, 0.4) is 0 Å². The Labute approximate surface area is 202 Å². The molecule has 0 aliphatic carbocycles. The Kier molecular flexibility index (Phi) is 8.19. The zero-order valence-corrected chi connectivity index (χ0v) is 20.2. The van der Waals surface area contributed by atoms with Gasteiger partial charge < -0.3 is 19.7 Å². The van der Waals surface area contributed by atoms with Gasteiger partial charge in [-0.1, -0.05) is 37.6 Å². The van der Waals surface area contributed by atoms with Crippen molar-refractivity contribution >= 4 is 17.5 Å². The summed E-state index contributed by atoms with van der Waals surface area (Å²) >= 11 is 0. The molecule has 0 radical (unpaired) electrons. The molecule has 34 heavy (non-hydrogen) atoms. The van der Waals surface area contributed by atoms with Gasteiger partial charge in [-0.05, 0) is 41.8 Å². The van der Waals surface area contributed by atoms with Gasteiger partial charge in [0.15, 0.2) is 0 Å². The van der Waals surface area contributed by atoms with Gasteiger partial charge in [-0.2, -0.15) is 0 Å². The lowest BCUT2D eigenvalue weighted by molar-refractivity contribution is -0.129. The number of morpholine rings is 1. The molecule has 2 heterocycles. The van der Waals surface area contributed by atoms with E-state index in [0.29, 0.717) is 6.54 Å². The number of likely N-dealkylation sites (tertiary alicyclic amines) is 1. The lowest BCUT2D eigenvalue weighted by Crippen LogP contribution is -2.35. The Hall–Kier alpha value is -2.90. The van der Waals surface area contributed by atoms with E-state index in [1.807, 2.05) is 47.4 Å². The summed E-state index contributed by atoms with van der Waals surface area (Å²) in [6, 6.07) is 15.4. The molecule has 2 aliphatic rings. The number of hydrogen-bond donors (Lipinski definition) is 1. The highest BCUT2D eigenvalue weighted by Crippen LogP contribution is 2.39. The van der Waals surface area contributed by atoms with Crippen LogP contribution in [0.1, 0.15) is 43.4 Å². The zero-order valence-electron chi connectivity index (χ0n) is 20.2. The third-order valence-corrected chi connectivity index (χ3v) is 6.68. The average molecular weight is 466 g/mol. The van der Waals surface area contributed by atoms with Crippen LogP contribution in [0, 0.1) is 5.92 Å². The van der Waals surface area contributed by atoms with Crippen LogP contribution in [0.4, 0.5) is 5.69 Å². The summed E-state index contributed by atoms with van der Waals surface area (Å²) in [5.41, 5.74) is 2.88. The number of benzene rings is 2. The highest BCUT2D eigenvalue weighted by Gasteiger charge is 2.44. The molecule has 2 unspecified atom stereocenters. The Balaban J connectivity index is 1.50. The normalized spacial score (nSPS) is 21.0. The Morgan fingerprint density at radius 3 is 2.62 bits per heavy atom. The molecule has 7 heteroatoms. The van der Waals surface area contributed by atoms with Gasteiger partial charge in [0.1, 0.15) is 5.75 Å². The minimum Gasteiger partial charge on any atom is -0.497 e. The summed E-state index contributed by atoms with van der Waals surface area (Å²) in [6.07, 6.45) is 2.13.